The first-order valence-electron chi connectivity index (χ1n) is 5.96. The number of ether oxygens (including phenoxy) is 2. The van der Waals surface area contributed by atoms with Crippen LogP contribution in [0.3, 0.4) is 0 Å². The monoisotopic (exact) mass is 316 g/mol. The van der Waals surface area contributed by atoms with E-state index >= 15 is 0 Å². The average Bonchev–Trinajstić information content (AvgIpc) is 2.26. The molecule has 1 unspecified atom stereocenters. The number of hydrogen-bond donors (Lipinski definition) is 1. The fraction of sp³-hybridized carbons (Fsp3) is 0.571. The maximum Gasteiger partial charge on any atom is 0.142 e. The highest BCUT2D eigenvalue weighted by Crippen LogP contribution is 2.43. The Labute approximate surface area is 117 Å². The van der Waals surface area contributed by atoms with Crippen LogP contribution in [0.15, 0.2) is 16.6 Å². The molecule has 1 atom stereocenters. The van der Waals surface area contributed by atoms with Crippen LogP contribution in [0.1, 0.15) is 32.8 Å². The predicted octanol–water partition coefficient (Wildman–Crippen LogP) is 3.72. The molecule has 0 bridgehead atoms. The Morgan fingerprint density at radius 2 is 1.89 bits per heavy atom. The molecule has 0 amide bonds. The summed E-state index contributed by atoms with van der Waals surface area (Å²) in [5.41, 5.74) is -0.153. The molecule has 0 saturated heterocycles. The number of hydrogen-bond acceptors (Lipinski definition) is 3. The number of aliphatic hydroxyl groups is 1. The molecule has 0 radical (unpaired) electrons. The van der Waals surface area contributed by atoms with Crippen molar-refractivity contribution in [2.24, 2.45) is 5.92 Å². The molecule has 0 heterocycles. The van der Waals surface area contributed by atoms with Crippen LogP contribution < -0.4 is 9.47 Å². The Bertz CT molecular complexity index is 414. The van der Waals surface area contributed by atoms with Crippen LogP contribution in [0.4, 0.5) is 0 Å². The molecular weight excluding hydrogens is 296 g/mol. The molecule has 1 N–H and O–H groups in total. The first-order chi connectivity index (χ1) is 8.33. The van der Waals surface area contributed by atoms with Gasteiger partial charge in [0.2, 0.25) is 0 Å². The van der Waals surface area contributed by atoms with E-state index in [0.717, 1.165) is 10.0 Å². The van der Waals surface area contributed by atoms with Crippen LogP contribution in [0.2, 0.25) is 0 Å². The third kappa shape index (κ3) is 3.18. The van der Waals surface area contributed by atoms with Crippen LogP contribution >= 0.6 is 15.9 Å². The minimum atomic E-state index is -0.922. The van der Waals surface area contributed by atoms with E-state index < -0.39 is 5.60 Å². The van der Waals surface area contributed by atoms with Crippen LogP contribution in [-0.2, 0) is 5.60 Å². The van der Waals surface area contributed by atoms with E-state index in [9.17, 15) is 5.11 Å². The second-order valence-corrected chi connectivity index (χ2v) is 5.83. The standard InChI is InChI=1S/C14H21BrO3/c1-9(2)8-14(3,16)10-6-7-11(17-4)12(15)13(10)18-5/h6-7,9,16H,8H2,1-5H3. The highest BCUT2D eigenvalue weighted by Gasteiger charge is 2.29. The number of methoxy groups -OCH3 is 2. The molecule has 1 aromatic carbocycles. The average molecular weight is 317 g/mol. The van der Waals surface area contributed by atoms with Gasteiger partial charge in [-0.2, -0.15) is 0 Å². The molecule has 0 aliphatic heterocycles. The zero-order chi connectivity index (χ0) is 13.9. The first-order valence-corrected chi connectivity index (χ1v) is 6.76. The Morgan fingerprint density at radius 1 is 1.28 bits per heavy atom. The highest BCUT2D eigenvalue weighted by molar-refractivity contribution is 9.10. The third-order valence-corrected chi connectivity index (χ3v) is 3.62. The number of benzene rings is 1. The minimum absolute atomic E-state index is 0.394. The smallest absolute Gasteiger partial charge is 0.142 e. The summed E-state index contributed by atoms with van der Waals surface area (Å²) in [6.45, 7) is 5.97. The summed E-state index contributed by atoms with van der Waals surface area (Å²) in [4.78, 5) is 0. The van der Waals surface area contributed by atoms with Gasteiger partial charge in [-0.15, -0.1) is 0 Å². The van der Waals surface area contributed by atoms with Crippen molar-refractivity contribution >= 4 is 15.9 Å². The van der Waals surface area contributed by atoms with Crippen molar-refractivity contribution in [1.82, 2.24) is 0 Å². The Balaban J connectivity index is 3.28. The van der Waals surface area contributed by atoms with Crippen molar-refractivity contribution in [2.75, 3.05) is 14.2 Å². The van der Waals surface area contributed by atoms with Gasteiger partial charge in [0, 0.05) is 5.56 Å². The lowest BCUT2D eigenvalue weighted by atomic mass is 9.87. The summed E-state index contributed by atoms with van der Waals surface area (Å²) in [6, 6.07) is 3.68. The van der Waals surface area contributed by atoms with E-state index in [1.54, 1.807) is 14.2 Å². The van der Waals surface area contributed by atoms with Crippen molar-refractivity contribution in [2.45, 2.75) is 32.8 Å². The normalized spacial score (nSPS) is 14.4. The van der Waals surface area contributed by atoms with E-state index in [4.69, 9.17) is 9.47 Å². The molecule has 0 fully saturated rings. The molecule has 1 aromatic rings. The molecular formula is C14H21BrO3. The van der Waals surface area contributed by atoms with Gasteiger partial charge in [0.1, 0.15) is 16.0 Å². The molecule has 0 saturated carbocycles. The fourth-order valence-electron chi connectivity index (χ4n) is 2.22. The summed E-state index contributed by atoms with van der Waals surface area (Å²) < 4.78 is 11.4. The molecule has 102 valence electrons. The van der Waals surface area contributed by atoms with E-state index in [0.29, 0.717) is 23.8 Å². The third-order valence-electron chi connectivity index (χ3n) is 2.87. The van der Waals surface area contributed by atoms with Gasteiger partial charge in [-0.3, -0.25) is 0 Å². The van der Waals surface area contributed by atoms with Crippen LogP contribution in [0.25, 0.3) is 0 Å². The maximum atomic E-state index is 10.6. The first kappa shape index (κ1) is 15.3. The van der Waals surface area contributed by atoms with Gasteiger partial charge >= 0.3 is 0 Å². The quantitative estimate of drug-likeness (QED) is 0.899. The zero-order valence-corrected chi connectivity index (χ0v) is 13.2. The molecule has 0 spiro atoms. The molecule has 3 nitrogen and oxygen atoms in total. The second-order valence-electron chi connectivity index (χ2n) is 5.03. The van der Waals surface area contributed by atoms with Gasteiger partial charge in [-0.25, -0.2) is 0 Å². The van der Waals surface area contributed by atoms with E-state index in [2.05, 4.69) is 29.8 Å². The lowest BCUT2D eigenvalue weighted by molar-refractivity contribution is 0.0324. The summed E-state index contributed by atoms with van der Waals surface area (Å²) >= 11 is 3.45. The van der Waals surface area contributed by atoms with Gasteiger partial charge < -0.3 is 14.6 Å². The van der Waals surface area contributed by atoms with Gasteiger partial charge in [0.15, 0.2) is 0 Å². The Kier molecular flexibility index (Phi) is 5.05. The lowest BCUT2D eigenvalue weighted by Gasteiger charge is -2.28. The van der Waals surface area contributed by atoms with Crippen LogP contribution in [0.5, 0.6) is 11.5 Å². The topological polar surface area (TPSA) is 38.7 Å². The fourth-order valence-corrected chi connectivity index (χ4v) is 2.89. The van der Waals surface area contributed by atoms with Crippen molar-refractivity contribution in [3.05, 3.63) is 22.2 Å². The second kappa shape index (κ2) is 5.93. The minimum Gasteiger partial charge on any atom is -0.495 e. The highest BCUT2D eigenvalue weighted by atomic mass is 79.9. The van der Waals surface area contributed by atoms with Crippen molar-refractivity contribution < 1.29 is 14.6 Å². The predicted molar refractivity (Wildman–Crippen MR) is 76.3 cm³/mol. The van der Waals surface area contributed by atoms with Crippen molar-refractivity contribution in [3.8, 4) is 11.5 Å². The molecule has 18 heavy (non-hydrogen) atoms. The van der Waals surface area contributed by atoms with Gasteiger partial charge in [-0.1, -0.05) is 13.8 Å². The lowest BCUT2D eigenvalue weighted by Crippen LogP contribution is -2.24. The Morgan fingerprint density at radius 3 is 2.33 bits per heavy atom. The summed E-state index contributed by atoms with van der Waals surface area (Å²) in [6.07, 6.45) is 0.669. The van der Waals surface area contributed by atoms with E-state index in [1.807, 2.05) is 19.1 Å². The van der Waals surface area contributed by atoms with Crippen molar-refractivity contribution in [3.63, 3.8) is 0 Å². The molecule has 0 aliphatic rings. The van der Waals surface area contributed by atoms with Gasteiger partial charge in [-0.05, 0) is 47.3 Å². The summed E-state index contributed by atoms with van der Waals surface area (Å²) in [5, 5.41) is 10.6. The maximum absolute atomic E-state index is 10.6. The molecule has 0 aliphatic carbocycles. The van der Waals surface area contributed by atoms with Crippen LogP contribution in [-0.4, -0.2) is 19.3 Å². The van der Waals surface area contributed by atoms with Crippen molar-refractivity contribution in [1.29, 1.82) is 0 Å². The molecule has 0 aromatic heterocycles. The number of halogens is 1. The molecule has 1 rings (SSSR count). The van der Waals surface area contributed by atoms with E-state index in [-0.39, 0.29) is 0 Å². The van der Waals surface area contributed by atoms with Crippen LogP contribution in [0, 0.1) is 5.92 Å². The number of rotatable bonds is 5. The zero-order valence-electron chi connectivity index (χ0n) is 11.6. The van der Waals surface area contributed by atoms with Gasteiger partial charge in [0.05, 0.1) is 19.8 Å². The largest absolute Gasteiger partial charge is 0.495 e. The summed E-state index contributed by atoms with van der Waals surface area (Å²) in [7, 11) is 3.19. The summed E-state index contributed by atoms with van der Waals surface area (Å²) in [5.74, 6) is 1.71. The Hall–Kier alpha value is -0.740. The SMILES string of the molecule is COc1ccc(C(C)(O)CC(C)C)c(OC)c1Br. The van der Waals surface area contributed by atoms with E-state index in [1.165, 1.54) is 0 Å². The molecule has 4 heteroatoms. The van der Waals surface area contributed by atoms with Gasteiger partial charge in [0.25, 0.3) is 0 Å².